The van der Waals surface area contributed by atoms with E-state index in [2.05, 4.69) is 13.8 Å². The van der Waals surface area contributed by atoms with Gasteiger partial charge in [-0.1, -0.05) is 13.8 Å². The highest BCUT2D eigenvalue weighted by atomic mass is 35.7. The second kappa shape index (κ2) is 3.63. The lowest BCUT2D eigenvalue weighted by Crippen LogP contribution is -2.34. The lowest BCUT2D eigenvalue weighted by Gasteiger charge is -2.35. The first-order valence-corrected chi connectivity index (χ1v) is 8.10. The first kappa shape index (κ1) is 11.7. The molecule has 2 atom stereocenters. The molecule has 88 valence electrons. The molecule has 0 aromatic heterocycles. The Morgan fingerprint density at radius 1 is 1.07 bits per heavy atom. The minimum atomic E-state index is -3.37. The summed E-state index contributed by atoms with van der Waals surface area (Å²) in [6.07, 6.45) is 4.87. The molecule has 2 unspecified atom stereocenters. The zero-order valence-corrected chi connectivity index (χ0v) is 10.9. The molecule has 0 saturated heterocycles. The van der Waals surface area contributed by atoms with Crippen molar-refractivity contribution in [1.82, 2.24) is 0 Å². The van der Waals surface area contributed by atoms with Crippen LogP contribution in [0.4, 0.5) is 0 Å². The molecule has 0 heterocycles. The van der Waals surface area contributed by atoms with Gasteiger partial charge in [0.15, 0.2) is 0 Å². The van der Waals surface area contributed by atoms with E-state index in [1.165, 1.54) is 6.42 Å². The Balaban J connectivity index is 2.17. The normalized spacial score (nSPS) is 40.1. The van der Waals surface area contributed by atoms with Crippen molar-refractivity contribution in [2.75, 3.05) is 0 Å². The standard InChI is InChI=1S/C11H19ClO2S/c1-8-5-9(2)7-10(6-8)11(3-4-11)15(12,13)14/h8-10H,3-7H2,1-2H3. The number of halogens is 1. The summed E-state index contributed by atoms with van der Waals surface area (Å²) in [5.74, 6) is 1.60. The van der Waals surface area contributed by atoms with Gasteiger partial charge in [0.1, 0.15) is 0 Å². The minimum Gasteiger partial charge on any atom is -0.212 e. The largest absolute Gasteiger partial charge is 0.238 e. The van der Waals surface area contributed by atoms with E-state index in [0.29, 0.717) is 17.8 Å². The van der Waals surface area contributed by atoms with Crippen LogP contribution in [0.2, 0.25) is 0 Å². The third-order valence-corrected chi connectivity index (χ3v) is 6.79. The minimum absolute atomic E-state index is 0.304. The van der Waals surface area contributed by atoms with Gasteiger partial charge in [-0.15, -0.1) is 0 Å². The van der Waals surface area contributed by atoms with Gasteiger partial charge < -0.3 is 0 Å². The molecule has 0 amide bonds. The molecule has 0 N–H and O–H groups in total. The highest BCUT2D eigenvalue weighted by molar-refractivity contribution is 8.15. The SMILES string of the molecule is CC1CC(C)CC(C2(S(=O)(=O)Cl)CC2)C1. The number of hydrogen-bond acceptors (Lipinski definition) is 2. The Hall–Kier alpha value is 0.240. The molecule has 2 rings (SSSR count). The molecule has 2 fully saturated rings. The lowest BCUT2D eigenvalue weighted by molar-refractivity contribution is 0.207. The van der Waals surface area contributed by atoms with Crippen LogP contribution in [-0.2, 0) is 9.05 Å². The molecule has 2 aliphatic carbocycles. The molecule has 0 bridgehead atoms. The summed E-state index contributed by atoms with van der Waals surface area (Å²) in [6.45, 7) is 4.44. The maximum atomic E-state index is 11.6. The molecular weight excluding hydrogens is 232 g/mol. The van der Waals surface area contributed by atoms with Crippen molar-refractivity contribution >= 4 is 19.7 Å². The Labute approximate surface area is 96.8 Å². The van der Waals surface area contributed by atoms with Crippen molar-refractivity contribution in [3.63, 3.8) is 0 Å². The second-order valence-corrected chi connectivity index (χ2v) is 8.52. The maximum Gasteiger partial charge on any atom is 0.238 e. The topological polar surface area (TPSA) is 34.1 Å². The fourth-order valence-corrected chi connectivity index (χ4v) is 5.37. The number of rotatable bonds is 2. The van der Waals surface area contributed by atoms with Gasteiger partial charge in [-0.3, -0.25) is 0 Å². The van der Waals surface area contributed by atoms with Gasteiger partial charge in [0, 0.05) is 10.7 Å². The first-order chi connectivity index (χ1) is 6.85. The summed E-state index contributed by atoms with van der Waals surface area (Å²) >= 11 is 0. The number of hydrogen-bond donors (Lipinski definition) is 0. The molecule has 0 radical (unpaired) electrons. The molecule has 0 aromatic rings. The van der Waals surface area contributed by atoms with Crippen LogP contribution in [0, 0.1) is 17.8 Å². The summed E-state index contributed by atoms with van der Waals surface area (Å²) in [4.78, 5) is 0. The van der Waals surface area contributed by atoms with E-state index in [9.17, 15) is 8.42 Å². The van der Waals surface area contributed by atoms with Crippen LogP contribution in [0.1, 0.15) is 46.0 Å². The van der Waals surface area contributed by atoms with Gasteiger partial charge >= 0.3 is 0 Å². The van der Waals surface area contributed by atoms with E-state index in [1.807, 2.05) is 0 Å². The Bertz CT molecular complexity index is 336. The zero-order chi connectivity index (χ0) is 11.3. The van der Waals surface area contributed by atoms with Crippen molar-refractivity contribution in [3.05, 3.63) is 0 Å². The van der Waals surface area contributed by atoms with Crippen molar-refractivity contribution in [1.29, 1.82) is 0 Å². The molecule has 0 spiro atoms. The highest BCUT2D eigenvalue weighted by Gasteiger charge is 2.59. The van der Waals surface area contributed by atoms with Crippen LogP contribution in [0.25, 0.3) is 0 Å². The highest BCUT2D eigenvalue weighted by Crippen LogP contribution is 2.56. The van der Waals surface area contributed by atoms with Gasteiger partial charge in [-0.25, -0.2) is 8.42 Å². The zero-order valence-electron chi connectivity index (χ0n) is 9.37. The maximum absolute atomic E-state index is 11.6. The van der Waals surface area contributed by atoms with Crippen LogP contribution in [0.3, 0.4) is 0 Å². The summed E-state index contributed by atoms with van der Waals surface area (Å²) in [5, 5.41) is 0. The van der Waals surface area contributed by atoms with E-state index in [0.717, 1.165) is 25.7 Å². The van der Waals surface area contributed by atoms with Gasteiger partial charge in [0.2, 0.25) is 9.05 Å². The predicted octanol–water partition coefficient (Wildman–Crippen LogP) is 3.16. The molecular formula is C11H19ClO2S. The van der Waals surface area contributed by atoms with Crippen molar-refractivity contribution in [3.8, 4) is 0 Å². The summed E-state index contributed by atoms with van der Waals surface area (Å²) in [5.41, 5.74) is 0. The summed E-state index contributed by atoms with van der Waals surface area (Å²) < 4.78 is 22.6. The molecule has 2 nitrogen and oxygen atoms in total. The average molecular weight is 251 g/mol. The summed E-state index contributed by atoms with van der Waals surface area (Å²) in [7, 11) is 2.22. The predicted molar refractivity (Wildman–Crippen MR) is 62.4 cm³/mol. The van der Waals surface area contributed by atoms with Gasteiger partial charge in [0.25, 0.3) is 0 Å². The van der Waals surface area contributed by atoms with E-state index in [4.69, 9.17) is 10.7 Å². The van der Waals surface area contributed by atoms with E-state index in [1.54, 1.807) is 0 Å². The fraction of sp³-hybridized carbons (Fsp3) is 1.00. The van der Waals surface area contributed by atoms with Crippen LogP contribution >= 0.6 is 10.7 Å². The second-order valence-electron chi connectivity index (χ2n) is 5.62. The molecule has 2 saturated carbocycles. The van der Waals surface area contributed by atoms with Crippen molar-refractivity contribution < 1.29 is 8.42 Å². The lowest BCUT2D eigenvalue weighted by atomic mass is 9.74. The van der Waals surface area contributed by atoms with Crippen LogP contribution in [0.5, 0.6) is 0 Å². The molecule has 0 aliphatic heterocycles. The molecule has 2 aliphatic rings. The van der Waals surface area contributed by atoms with Crippen LogP contribution in [-0.4, -0.2) is 13.2 Å². The Kier molecular flexibility index (Phi) is 2.83. The quantitative estimate of drug-likeness (QED) is 0.706. The van der Waals surface area contributed by atoms with Crippen molar-refractivity contribution in [2.45, 2.75) is 50.7 Å². The average Bonchev–Trinajstić information content (AvgIpc) is 2.79. The monoisotopic (exact) mass is 250 g/mol. The molecule has 0 aromatic carbocycles. The van der Waals surface area contributed by atoms with Gasteiger partial charge in [0.05, 0.1) is 4.75 Å². The Morgan fingerprint density at radius 3 is 1.87 bits per heavy atom. The van der Waals surface area contributed by atoms with E-state index >= 15 is 0 Å². The smallest absolute Gasteiger partial charge is 0.212 e. The summed E-state index contributed by atoms with van der Waals surface area (Å²) in [6, 6.07) is 0. The van der Waals surface area contributed by atoms with Crippen LogP contribution in [0.15, 0.2) is 0 Å². The van der Waals surface area contributed by atoms with Gasteiger partial charge in [-0.2, -0.15) is 0 Å². The van der Waals surface area contributed by atoms with E-state index < -0.39 is 13.8 Å². The third kappa shape index (κ3) is 2.05. The third-order valence-electron chi connectivity index (χ3n) is 4.15. The van der Waals surface area contributed by atoms with Gasteiger partial charge in [-0.05, 0) is 49.9 Å². The Morgan fingerprint density at radius 2 is 1.53 bits per heavy atom. The first-order valence-electron chi connectivity index (χ1n) is 5.79. The molecule has 15 heavy (non-hydrogen) atoms. The van der Waals surface area contributed by atoms with E-state index in [-0.39, 0.29) is 0 Å². The fourth-order valence-electron chi connectivity index (χ4n) is 3.35. The molecule has 4 heteroatoms. The van der Waals surface area contributed by atoms with Crippen LogP contribution < -0.4 is 0 Å². The van der Waals surface area contributed by atoms with Crippen molar-refractivity contribution in [2.24, 2.45) is 17.8 Å².